The maximum Gasteiger partial charge on any atom is 0.336 e. The van der Waals surface area contributed by atoms with Crippen molar-refractivity contribution < 1.29 is 23.8 Å². The van der Waals surface area contributed by atoms with Crippen molar-refractivity contribution >= 4 is 17.4 Å². The van der Waals surface area contributed by atoms with E-state index in [9.17, 15) is 9.59 Å². The predicted octanol–water partition coefficient (Wildman–Crippen LogP) is 4.23. The van der Waals surface area contributed by atoms with Gasteiger partial charge in [-0.2, -0.15) is 0 Å². The fraction of sp³-hybridized carbons (Fsp3) is 0.280. The zero-order chi connectivity index (χ0) is 22.1. The van der Waals surface area contributed by atoms with Crippen LogP contribution < -0.4 is 14.8 Å². The molecular formula is C25H25NO5. The Bertz CT molecular complexity index is 1130. The minimum absolute atomic E-state index is 0.0915. The molecule has 1 aliphatic heterocycles. The fourth-order valence-electron chi connectivity index (χ4n) is 4.28. The second kappa shape index (κ2) is 8.30. The van der Waals surface area contributed by atoms with Crippen LogP contribution in [0, 0.1) is 0 Å². The van der Waals surface area contributed by atoms with E-state index in [1.54, 1.807) is 20.1 Å². The number of ketones is 1. The van der Waals surface area contributed by atoms with E-state index >= 15 is 0 Å². The molecule has 0 saturated heterocycles. The van der Waals surface area contributed by atoms with Crippen molar-refractivity contribution in [2.45, 2.75) is 26.7 Å². The van der Waals surface area contributed by atoms with Crippen LogP contribution in [0.2, 0.25) is 0 Å². The second-order valence-corrected chi connectivity index (χ2v) is 7.32. The number of allylic oxidation sites excluding steroid dienone is 2. The van der Waals surface area contributed by atoms with E-state index in [2.05, 4.69) is 5.32 Å². The van der Waals surface area contributed by atoms with E-state index in [0.717, 1.165) is 16.8 Å². The number of nitrogens with one attached hydrogen (secondary N) is 1. The fourth-order valence-corrected chi connectivity index (χ4v) is 4.28. The molecule has 1 atom stereocenters. The summed E-state index contributed by atoms with van der Waals surface area (Å²) in [5.74, 6) is 0.0354. The average Bonchev–Trinajstić information content (AvgIpc) is 3.05. The van der Waals surface area contributed by atoms with Crippen LogP contribution in [0.1, 0.15) is 48.2 Å². The monoisotopic (exact) mass is 419 g/mol. The molecule has 0 unspecified atom stereocenters. The highest BCUT2D eigenvalue weighted by Crippen LogP contribution is 2.47. The summed E-state index contributed by atoms with van der Waals surface area (Å²) in [6.45, 7) is 6.20. The number of dihydropyridines is 1. The van der Waals surface area contributed by atoms with E-state index in [1.165, 1.54) is 0 Å². The van der Waals surface area contributed by atoms with Crippen molar-refractivity contribution in [3.63, 3.8) is 0 Å². The molecule has 0 aromatic heterocycles. The Hall–Kier alpha value is -3.54. The van der Waals surface area contributed by atoms with E-state index in [0.29, 0.717) is 40.5 Å². The Morgan fingerprint density at radius 3 is 2.45 bits per heavy atom. The van der Waals surface area contributed by atoms with Crippen LogP contribution in [-0.2, 0) is 9.53 Å². The number of esters is 1. The molecule has 1 N–H and O–H groups in total. The van der Waals surface area contributed by atoms with Gasteiger partial charge in [-0.15, -0.1) is 0 Å². The van der Waals surface area contributed by atoms with Crippen LogP contribution in [0.4, 0.5) is 0 Å². The Balaban J connectivity index is 1.92. The number of hydrogen-bond acceptors (Lipinski definition) is 6. The van der Waals surface area contributed by atoms with Crippen molar-refractivity contribution in [1.82, 2.24) is 5.32 Å². The molecule has 2 aliphatic rings. The summed E-state index contributed by atoms with van der Waals surface area (Å²) >= 11 is 0. The molecule has 4 rings (SSSR count). The van der Waals surface area contributed by atoms with Crippen LogP contribution in [0.3, 0.4) is 0 Å². The third-order valence-corrected chi connectivity index (χ3v) is 5.57. The molecule has 6 nitrogen and oxygen atoms in total. The van der Waals surface area contributed by atoms with Crippen LogP contribution in [-0.4, -0.2) is 32.1 Å². The summed E-state index contributed by atoms with van der Waals surface area (Å²) in [5, 5.41) is 3.30. The smallest absolute Gasteiger partial charge is 0.336 e. The molecule has 1 heterocycles. The summed E-state index contributed by atoms with van der Waals surface area (Å²) in [7, 11) is 1.58. The van der Waals surface area contributed by atoms with Crippen LogP contribution >= 0.6 is 0 Å². The summed E-state index contributed by atoms with van der Waals surface area (Å²) in [6, 6.07) is 13.0. The maximum atomic E-state index is 13.5. The van der Waals surface area contributed by atoms with E-state index in [1.807, 2.05) is 50.2 Å². The first-order chi connectivity index (χ1) is 15.0. The lowest BCUT2D eigenvalue weighted by Crippen LogP contribution is -2.29. The van der Waals surface area contributed by atoms with Crippen molar-refractivity contribution in [2.75, 3.05) is 20.3 Å². The molecule has 6 heteroatoms. The van der Waals surface area contributed by atoms with Crippen LogP contribution in [0.25, 0.3) is 5.70 Å². The Kier molecular flexibility index (Phi) is 5.55. The predicted molar refractivity (Wildman–Crippen MR) is 117 cm³/mol. The van der Waals surface area contributed by atoms with Crippen molar-refractivity contribution in [3.8, 4) is 11.5 Å². The first-order valence-electron chi connectivity index (χ1n) is 10.4. The lowest BCUT2D eigenvalue weighted by atomic mass is 9.79. The molecule has 1 aliphatic carbocycles. The third-order valence-electron chi connectivity index (χ3n) is 5.57. The van der Waals surface area contributed by atoms with Crippen molar-refractivity contribution in [3.05, 3.63) is 76.0 Å². The molecule has 0 saturated carbocycles. The summed E-state index contributed by atoms with van der Waals surface area (Å²) in [6.07, 6.45) is 0. The number of benzene rings is 2. The van der Waals surface area contributed by atoms with Gasteiger partial charge in [0, 0.05) is 28.3 Å². The summed E-state index contributed by atoms with van der Waals surface area (Å²) in [4.78, 5) is 26.4. The topological polar surface area (TPSA) is 73.9 Å². The van der Waals surface area contributed by atoms with E-state index in [-0.39, 0.29) is 12.4 Å². The molecule has 2 aromatic rings. The number of carbonyl (C=O) groups is 2. The Labute approximate surface area is 181 Å². The van der Waals surface area contributed by atoms with Gasteiger partial charge in [0.05, 0.1) is 31.6 Å². The van der Waals surface area contributed by atoms with Gasteiger partial charge in [-0.05, 0) is 38.5 Å². The van der Waals surface area contributed by atoms with Gasteiger partial charge in [-0.25, -0.2) is 4.79 Å². The van der Waals surface area contributed by atoms with Gasteiger partial charge in [0.25, 0.3) is 0 Å². The summed E-state index contributed by atoms with van der Waals surface area (Å²) in [5.41, 5.74) is 4.61. The number of rotatable bonds is 6. The van der Waals surface area contributed by atoms with Crippen molar-refractivity contribution in [1.29, 1.82) is 0 Å². The number of carbonyl (C=O) groups excluding carboxylic acids is 2. The number of Topliss-reactive ketones (excluding diaryl/α,β-unsaturated/α-hetero) is 1. The minimum Gasteiger partial charge on any atom is -0.493 e. The van der Waals surface area contributed by atoms with Gasteiger partial charge < -0.3 is 19.5 Å². The quantitative estimate of drug-likeness (QED) is 0.707. The minimum atomic E-state index is -0.583. The highest BCUT2D eigenvalue weighted by Gasteiger charge is 2.43. The second-order valence-electron chi connectivity index (χ2n) is 7.32. The number of fused-ring (bicyclic) bond motifs is 2. The van der Waals surface area contributed by atoms with Gasteiger partial charge in [-0.1, -0.05) is 30.3 Å². The van der Waals surface area contributed by atoms with Gasteiger partial charge in [0.2, 0.25) is 0 Å². The highest BCUT2D eigenvalue weighted by atomic mass is 16.5. The van der Waals surface area contributed by atoms with Gasteiger partial charge in [-0.3, -0.25) is 4.79 Å². The molecule has 0 amide bonds. The zero-order valence-electron chi connectivity index (χ0n) is 18.1. The average molecular weight is 419 g/mol. The molecule has 0 bridgehead atoms. The van der Waals surface area contributed by atoms with E-state index < -0.39 is 11.9 Å². The molecule has 31 heavy (non-hydrogen) atoms. The molecule has 2 aromatic carbocycles. The maximum absolute atomic E-state index is 13.5. The van der Waals surface area contributed by atoms with E-state index in [4.69, 9.17) is 14.2 Å². The van der Waals surface area contributed by atoms with Crippen LogP contribution in [0.15, 0.2) is 59.3 Å². The first kappa shape index (κ1) is 20.7. The molecular weight excluding hydrogens is 394 g/mol. The molecule has 0 radical (unpaired) electrons. The Morgan fingerprint density at radius 2 is 1.77 bits per heavy atom. The zero-order valence-corrected chi connectivity index (χ0v) is 18.1. The standard InChI is InChI=1S/C25H25NO5/c1-5-30-19-13-15(11-12-18(19)29-4)21-20(25(28)31-6-2)14(3)26-23-16-9-7-8-10-17(16)24(27)22(21)23/h7-13,21,26H,5-6H2,1-4H3/t21-/m0/s1. The third kappa shape index (κ3) is 3.38. The van der Waals surface area contributed by atoms with Crippen LogP contribution in [0.5, 0.6) is 11.5 Å². The van der Waals surface area contributed by atoms with Gasteiger partial charge >= 0.3 is 5.97 Å². The lowest BCUT2D eigenvalue weighted by Gasteiger charge is -2.29. The number of ether oxygens (including phenoxy) is 3. The van der Waals surface area contributed by atoms with Gasteiger partial charge in [0.15, 0.2) is 17.3 Å². The number of methoxy groups -OCH3 is 1. The number of hydrogen-bond donors (Lipinski definition) is 1. The Morgan fingerprint density at radius 1 is 1.03 bits per heavy atom. The summed E-state index contributed by atoms with van der Waals surface area (Å²) < 4.78 is 16.5. The molecule has 0 fully saturated rings. The normalized spacial score (nSPS) is 17.2. The van der Waals surface area contributed by atoms with Gasteiger partial charge in [0.1, 0.15) is 0 Å². The highest BCUT2D eigenvalue weighted by molar-refractivity contribution is 6.23. The molecule has 160 valence electrons. The molecule has 0 spiro atoms. The lowest BCUT2D eigenvalue weighted by molar-refractivity contribution is -0.138. The first-order valence-corrected chi connectivity index (χ1v) is 10.4. The SMILES string of the molecule is CCOC(=O)C1=C(C)NC2=C(C(=O)c3ccccc32)[C@H]1c1ccc(OC)c(OCC)c1. The largest absolute Gasteiger partial charge is 0.493 e. The van der Waals surface area contributed by atoms with Crippen molar-refractivity contribution in [2.24, 2.45) is 0 Å².